The van der Waals surface area contributed by atoms with Crippen molar-refractivity contribution >= 4 is 0 Å². The van der Waals surface area contributed by atoms with Crippen LogP contribution in [0.25, 0.3) is 11.1 Å². The van der Waals surface area contributed by atoms with Gasteiger partial charge in [0.05, 0.1) is 7.11 Å². The molecule has 0 atom stereocenters. The molecule has 1 nitrogen and oxygen atoms in total. The summed E-state index contributed by atoms with van der Waals surface area (Å²) in [6.45, 7) is 4.50. The summed E-state index contributed by atoms with van der Waals surface area (Å²) in [6.07, 6.45) is 1.10. The minimum Gasteiger partial charge on any atom is -0.497 e. The van der Waals surface area contributed by atoms with Crippen molar-refractivity contribution in [2.45, 2.75) is 20.3 Å². The highest BCUT2D eigenvalue weighted by atomic mass is 16.5. The predicted molar refractivity (Wildman–Crippen MR) is 77.0 cm³/mol. The Morgan fingerprint density at radius 3 is 2.50 bits per heavy atom. The molecule has 0 aliphatic heterocycles. The van der Waals surface area contributed by atoms with E-state index in [1.54, 1.807) is 7.11 Å². The summed E-state index contributed by atoms with van der Waals surface area (Å²) in [4.78, 5) is 0. The molecule has 0 radical (unpaired) electrons. The zero-order chi connectivity index (χ0) is 13.0. The van der Waals surface area contributed by atoms with E-state index in [1.165, 1.54) is 16.7 Å². The first-order valence-electron chi connectivity index (χ1n) is 6.43. The fourth-order valence-corrected chi connectivity index (χ4v) is 2.21. The molecule has 0 fully saturated rings. The van der Waals surface area contributed by atoms with E-state index in [0.717, 1.165) is 12.2 Å². The summed E-state index contributed by atoms with van der Waals surface area (Å²) in [5, 5.41) is 0. The molecule has 0 spiro atoms. The van der Waals surface area contributed by atoms with E-state index in [9.17, 15) is 0 Å². The second-order valence-electron chi connectivity index (χ2n) is 4.99. The molecule has 0 aromatic heterocycles. The molecule has 0 saturated heterocycles. The summed E-state index contributed by atoms with van der Waals surface area (Å²) >= 11 is 0. The smallest absolute Gasteiger partial charge is 0.119 e. The molecule has 0 aliphatic carbocycles. The lowest BCUT2D eigenvalue weighted by Gasteiger charge is -2.12. The van der Waals surface area contributed by atoms with Crippen LogP contribution in [-0.4, -0.2) is 7.11 Å². The zero-order valence-electron chi connectivity index (χ0n) is 11.3. The third-order valence-electron chi connectivity index (χ3n) is 3.03. The molecule has 94 valence electrons. The molecular weight excluding hydrogens is 220 g/mol. The van der Waals surface area contributed by atoms with Crippen LogP contribution in [-0.2, 0) is 6.42 Å². The Bertz CT molecular complexity index is 515. The second kappa shape index (κ2) is 5.72. The summed E-state index contributed by atoms with van der Waals surface area (Å²) in [7, 11) is 1.71. The summed E-state index contributed by atoms with van der Waals surface area (Å²) < 4.78 is 5.30. The van der Waals surface area contributed by atoms with E-state index in [2.05, 4.69) is 50.2 Å². The van der Waals surface area contributed by atoms with Crippen molar-refractivity contribution in [1.29, 1.82) is 0 Å². The van der Waals surface area contributed by atoms with Crippen molar-refractivity contribution in [3.8, 4) is 16.9 Å². The Hall–Kier alpha value is -1.76. The molecule has 0 aliphatic rings. The number of hydrogen-bond donors (Lipinski definition) is 0. The zero-order valence-corrected chi connectivity index (χ0v) is 11.3. The van der Waals surface area contributed by atoms with Crippen LogP contribution in [0, 0.1) is 5.92 Å². The van der Waals surface area contributed by atoms with Crippen LogP contribution >= 0.6 is 0 Å². The normalized spacial score (nSPS) is 10.7. The van der Waals surface area contributed by atoms with Crippen molar-refractivity contribution in [3.63, 3.8) is 0 Å². The van der Waals surface area contributed by atoms with Crippen LogP contribution in [0.5, 0.6) is 5.75 Å². The minimum atomic E-state index is 0.664. The minimum absolute atomic E-state index is 0.664. The maximum absolute atomic E-state index is 5.30. The Kier molecular flexibility index (Phi) is 4.03. The number of benzene rings is 2. The van der Waals surface area contributed by atoms with Crippen molar-refractivity contribution in [2.75, 3.05) is 7.11 Å². The molecule has 0 N–H and O–H groups in total. The molecule has 2 aromatic rings. The Balaban J connectivity index is 2.42. The maximum Gasteiger partial charge on any atom is 0.119 e. The third kappa shape index (κ3) is 2.92. The van der Waals surface area contributed by atoms with Gasteiger partial charge in [0.25, 0.3) is 0 Å². The van der Waals surface area contributed by atoms with Gasteiger partial charge >= 0.3 is 0 Å². The van der Waals surface area contributed by atoms with Gasteiger partial charge in [-0.15, -0.1) is 0 Å². The Morgan fingerprint density at radius 1 is 1.00 bits per heavy atom. The van der Waals surface area contributed by atoms with Gasteiger partial charge in [0.15, 0.2) is 0 Å². The summed E-state index contributed by atoms with van der Waals surface area (Å²) in [5.41, 5.74) is 3.94. The fraction of sp³-hybridized carbons (Fsp3) is 0.294. The lowest BCUT2D eigenvalue weighted by Crippen LogP contribution is -1.96. The average Bonchev–Trinajstić information content (AvgIpc) is 2.39. The van der Waals surface area contributed by atoms with E-state index in [-0.39, 0.29) is 0 Å². The monoisotopic (exact) mass is 240 g/mol. The number of methoxy groups -OCH3 is 1. The molecule has 0 saturated carbocycles. The van der Waals surface area contributed by atoms with Crippen molar-refractivity contribution < 1.29 is 4.74 Å². The fourth-order valence-electron chi connectivity index (χ4n) is 2.21. The van der Waals surface area contributed by atoms with E-state index in [4.69, 9.17) is 4.74 Å². The van der Waals surface area contributed by atoms with E-state index in [1.807, 2.05) is 12.1 Å². The van der Waals surface area contributed by atoms with E-state index in [0.29, 0.717) is 5.92 Å². The molecule has 0 heterocycles. The lowest BCUT2D eigenvalue weighted by atomic mass is 9.94. The van der Waals surface area contributed by atoms with Crippen LogP contribution in [0.1, 0.15) is 19.4 Å². The van der Waals surface area contributed by atoms with Crippen LogP contribution in [0.2, 0.25) is 0 Å². The lowest BCUT2D eigenvalue weighted by molar-refractivity contribution is 0.415. The summed E-state index contributed by atoms with van der Waals surface area (Å²) in [5.74, 6) is 1.57. The quantitative estimate of drug-likeness (QED) is 0.761. The van der Waals surface area contributed by atoms with Gasteiger partial charge in [-0.2, -0.15) is 0 Å². The van der Waals surface area contributed by atoms with Gasteiger partial charge in [-0.1, -0.05) is 50.2 Å². The molecule has 1 heteroatoms. The van der Waals surface area contributed by atoms with Crippen molar-refractivity contribution in [3.05, 3.63) is 54.1 Å². The molecule has 0 unspecified atom stereocenters. The van der Waals surface area contributed by atoms with Gasteiger partial charge < -0.3 is 4.74 Å². The van der Waals surface area contributed by atoms with E-state index < -0.39 is 0 Å². The van der Waals surface area contributed by atoms with Gasteiger partial charge in [-0.3, -0.25) is 0 Å². The van der Waals surface area contributed by atoms with Crippen molar-refractivity contribution in [1.82, 2.24) is 0 Å². The second-order valence-corrected chi connectivity index (χ2v) is 4.99. The standard InChI is InChI=1S/C17H20O/c1-13(2)11-14-7-4-5-10-17(14)15-8-6-9-16(12-15)18-3/h4-10,12-13H,11H2,1-3H3. The van der Waals surface area contributed by atoms with Gasteiger partial charge in [0.2, 0.25) is 0 Å². The highest BCUT2D eigenvalue weighted by molar-refractivity contribution is 5.68. The first-order valence-corrected chi connectivity index (χ1v) is 6.43. The van der Waals surface area contributed by atoms with Crippen molar-refractivity contribution in [2.24, 2.45) is 5.92 Å². The van der Waals surface area contributed by atoms with Gasteiger partial charge in [-0.25, -0.2) is 0 Å². The van der Waals surface area contributed by atoms with Crippen LogP contribution in [0.4, 0.5) is 0 Å². The largest absolute Gasteiger partial charge is 0.497 e. The molecule has 18 heavy (non-hydrogen) atoms. The average molecular weight is 240 g/mol. The molecule has 2 aromatic carbocycles. The Labute approximate surface area is 109 Å². The van der Waals surface area contributed by atoms with Gasteiger partial charge in [0, 0.05) is 0 Å². The highest BCUT2D eigenvalue weighted by Crippen LogP contribution is 2.28. The van der Waals surface area contributed by atoms with E-state index >= 15 is 0 Å². The molecule has 2 rings (SSSR count). The predicted octanol–water partition coefficient (Wildman–Crippen LogP) is 4.56. The third-order valence-corrected chi connectivity index (χ3v) is 3.03. The maximum atomic E-state index is 5.30. The summed E-state index contributed by atoms with van der Waals surface area (Å²) in [6, 6.07) is 16.9. The van der Waals surface area contributed by atoms with Crippen LogP contribution in [0.15, 0.2) is 48.5 Å². The first kappa shape index (κ1) is 12.7. The SMILES string of the molecule is COc1cccc(-c2ccccc2CC(C)C)c1. The molecule has 0 bridgehead atoms. The topological polar surface area (TPSA) is 9.23 Å². The first-order chi connectivity index (χ1) is 8.70. The van der Waals surface area contributed by atoms with Gasteiger partial charge in [-0.05, 0) is 41.2 Å². The number of ether oxygens (including phenoxy) is 1. The van der Waals surface area contributed by atoms with Crippen LogP contribution < -0.4 is 4.74 Å². The Morgan fingerprint density at radius 2 is 1.78 bits per heavy atom. The van der Waals surface area contributed by atoms with Gasteiger partial charge in [0.1, 0.15) is 5.75 Å². The number of rotatable bonds is 4. The molecule has 0 amide bonds. The number of hydrogen-bond acceptors (Lipinski definition) is 1. The highest BCUT2D eigenvalue weighted by Gasteiger charge is 2.07. The molecular formula is C17H20O. The van der Waals surface area contributed by atoms with Crippen LogP contribution in [0.3, 0.4) is 0 Å².